The first-order valence-electron chi connectivity index (χ1n) is 5.26. The summed E-state index contributed by atoms with van der Waals surface area (Å²) in [4.78, 5) is 5.52. The minimum atomic E-state index is -0.104. The van der Waals surface area contributed by atoms with Crippen molar-refractivity contribution in [2.45, 2.75) is 19.9 Å². The number of nitrogens with two attached hydrogens (primary N) is 1. The van der Waals surface area contributed by atoms with Crippen LogP contribution in [0.4, 0.5) is 0 Å². The Balaban J connectivity index is 2.42. The third kappa shape index (κ3) is 2.66. The van der Waals surface area contributed by atoms with E-state index in [9.17, 15) is 0 Å². The maximum absolute atomic E-state index is 5.94. The van der Waals surface area contributed by atoms with Crippen molar-refractivity contribution in [2.24, 2.45) is 5.84 Å². The summed E-state index contributed by atoms with van der Waals surface area (Å²) >= 11 is 7.45. The smallest absolute Gasteiger partial charge is 0.0976 e. The molecule has 0 aliphatic heterocycles. The van der Waals surface area contributed by atoms with Crippen LogP contribution in [0.25, 0.3) is 0 Å². The fourth-order valence-corrected chi connectivity index (χ4v) is 2.93. The first-order valence-corrected chi connectivity index (χ1v) is 6.45. The van der Waals surface area contributed by atoms with Crippen molar-refractivity contribution in [1.29, 1.82) is 0 Å². The molecule has 2 heterocycles. The number of pyridine rings is 1. The molecule has 17 heavy (non-hydrogen) atoms. The minimum absolute atomic E-state index is 0.104. The fourth-order valence-electron chi connectivity index (χ4n) is 1.81. The summed E-state index contributed by atoms with van der Waals surface area (Å²) in [6.45, 7) is 4.06. The van der Waals surface area contributed by atoms with Crippen molar-refractivity contribution in [3.63, 3.8) is 0 Å². The molecule has 0 radical (unpaired) electrons. The Hall–Kier alpha value is -0.940. The fraction of sp³-hybridized carbons (Fsp3) is 0.250. The SMILES string of the molecule is Cc1cnc(C(NN)c2ccc(Cl)s2)c(C)c1. The average Bonchev–Trinajstić information content (AvgIpc) is 2.69. The highest BCUT2D eigenvalue weighted by atomic mass is 35.5. The Morgan fingerprint density at radius 1 is 1.41 bits per heavy atom. The van der Waals surface area contributed by atoms with E-state index in [-0.39, 0.29) is 6.04 Å². The van der Waals surface area contributed by atoms with Crippen LogP contribution in [0.2, 0.25) is 4.34 Å². The van der Waals surface area contributed by atoms with E-state index in [4.69, 9.17) is 17.4 Å². The first kappa shape index (κ1) is 12.5. The van der Waals surface area contributed by atoms with Gasteiger partial charge in [-0.1, -0.05) is 17.7 Å². The molecule has 0 saturated heterocycles. The van der Waals surface area contributed by atoms with Gasteiger partial charge in [-0.25, -0.2) is 5.43 Å². The van der Waals surface area contributed by atoms with Gasteiger partial charge in [0, 0.05) is 11.1 Å². The number of hydrogen-bond donors (Lipinski definition) is 2. The molecule has 2 aromatic heterocycles. The van der Waals surface area contributed by atoms with Crippen molar-refractivity contribution < 1.29 is 0 Å². The van der Waals surface area contributed by atoms with E-state index in [2.05, 4.69) is 16.5 Å². The van der Waals surface area contributed by atoms with E-state index in [0.29, 0.717) is 0 Å². The largest absolute Gasteiger partial charge is 0.270 e. The molecule has 1 atom stereocenters. The second kappa shape index (κ2) is 5.14. The van der Waals surface area contributed by atoms with Crippen molar-refractivity contribution >= 4 is 22.9 Å². The molecule has 0 aromatic carbocycles. The van der Waals surface area contributed by atoms with Crippen molar-refractivity contribution in [1.82, 2.24) is 10.4 Å². The standard InChI is InChI=1S/C12H14ClN3S/c1-7-5-8(2)11(15-6-7)12(16-14)9-3-4-10(13)17-9/h3-6,12,16H,14H2,1-2H3. The molecule has 90 valence electrons. The van der Waals surface area contributed by atoms with Crippen LogP contribution in [0.15, 0.2) is 24.4 Å². The second-order valence-electron chi connectivity index (χ2n) is 3.96. The van der Waals surface area contributed by atoms with Gasteiger partial charge in [0.15, 0.2) is 0 Å². The van der Waals surface area contributed by atoms with Gasteiger partial charge >= 0.3 is 0 Å². The summed E-state index contributed by atoms with van der Waals surface area (Å²) in [5, 5.41) is 0. The van der Waals surface area contributed by atoms with Crippen LogP contribution in [0, 0.1) is 13.8 Å². The maximum Gasteiger partial charge on any atom is 0.0976 e. The molecule has 0 saturated carbocycles. The van der Waals surface area contributed by atoms with E-state index in [1.807, 2.05) is 32.2 Å². The number of rotatable bonds is 3. The van der Waals surface area contributed by atoms with Gasteiger partial charge in [0.25, 0.3) is 0 Å². The molecule has 0 aliphatic carbocycles. The lowest BCUT2D eigenvalue weighted by atomic mass is 10.1. The molecule has 3 N–H and O–H groups in total. The Morgan fingerprint density at radius 3 is 2.71 bits per heavy atom. The Kier molecular flexibility index (Phi) is 3.79. The van der Waals surface area contributed by atoms with Crippen LogP contribution in [-0.4, -0.2) is 4.98 Å². The predicted octanol–water partition coefficient (Wildman–Crippen LogP) is 2.97. The molecular formula is C12H14ClN3S. The zero-order valence-corrected chi connectivity index (χ0v) is 11.3. The summed E-state index contributed by atoms with van der Waals surface area (Å²) in [7, 11) is 0. The molecule has 0 amide bonds. The lowest BCUT2D eigenvalue weighted by Crippen LogP contribution is -2.29. The molecule has 2 rings (SSSR count). The summed E-state index contributed by atoms with van der Waals surface area (Å²) in [6, 6.07) is 5.84. The number of hydrazine groups is 1. The number of nitrogens with one attached hydrogen (secondary N) is 1. The Labute approximate surface area is 110 Å². The maximum atomic E-state index is 5.94. The van der Waals surface area contributed by atoms with Gasteiger partial charge in [0.2, 0.25) is 0 Å². The van der Waals surface area contributed by atoms with Gasteiger partial charge < -0.3 is 0 Å². The molecule has 1 unspecified atom stereocenters. The highest BCUT2D eigenvalue weighted by Gasteiger charge is 2.17. The van der Waals surface area contributed by atoms with Gasteiger partial charge in [0.1, 0.15) is 0 Å². The van der Waals surface area contributed by atoms with Gasteiger partial charge in [-0.2, -0.15) is 0 Å². The third-order valence-corrected chi connectivity index (χ3v) is 3.87. The van der Waals surface area contributed by atoms with Gasteiger partial charge in [0.05, 0.1) is 16.1 Å². The molecule has 2 aromatic rings. The van der Waals surface area contributed by atoms with Crippen LogP contribution < -0.4 is 11.3 Å². The van der Waals surface area contributed by atoms with E-state index in [1.165, 1.54) is 11.3 Å². The predicted molar refractivity (Wildman–Crippen MR) is 72.2 cm³/mol. The van der Waals surface area contributed by atoms with Crippen molar-refractivity contribution in [2.75, 3.05) is 0 Å². The first-order chi connectivity index (χ1) is 8.11. The number of nitrogens with zero attached hydrogens (tertiary/aromatic N) is 1. The number of aromatic nitrogens is 1. The summed E-state index contributed by atoms with van der Waals surface area (Å²) in [6.07, 6.45) is 1.85. The molecule has 3 nitrogen and oxygen atoms in total. The normalized spacial score (nSPS) is 12.7. The van der Waals surface area contributed by atoms with Gasteiger partial charge in [-0.15, -0.1) is 11.3 Å². The highest BCUT2D eigenvalue weighted by Crippen LogP contribution is 2.31. The summed E-state index contributed by atoms with van der Waals surface area (Å²) in [5.41, 5.74) is 6.01. The van der Waals surface area contributed by atoms with Gasteiger partial charge in [-0.05, 0) is 37.1 Å². The van der Waals surface area contributed by atoms with E-state index in [1.54, 1.807) is 0 Å². The van der Waals surface area contributed by atoms with Crippen molar-refractivity contribution in [3.8, 4) is 0 Å². The number of hydrogen-bond acceptors (Lipinski definition) is 4. The van der Waals surface area contributed by atoms with Crippen LogP contribution >= 0.6 is 22.9 Å². The molecule has 0 bridgehead atoms. The third-order valence-electron chi connectivity index (χ3n) is 2.57. The molecular weight excluding hydrogens is 254 g/mol. The number of aryl methyl sites for hydroxylation is 2. The lowest BCUT2D eigenvalue weighted by Gasteiger charge is -2.16. The highest BCUT2D eigenvalue weighted by molar-refractivity contribution is 7.16. The van der Waals surface area contributed by atoms with E-state index in [0.717, 1.165) is 26.0 Å². The quantitative estimate of drug-likeness (QED) is 0.664. The lowest BCUT2D eigenvalue weighted by molar-refractivity contribution is 0.625. The van der Waals surface area contributed by atoms with Crippen LogP contribution in [0.1, 0.15) is 27.7 Å². The topological polar surface area (TPSA) is 50.9 Å². The van der Waals surface area contributed by atoms with E-state index < -0.39 is 0 Å². The Bertz CT molecular complexity index is 524. The second-order valence-corrected chi connectivity index (χ2v) is 5.70. The van der Waals surface area contributed by atoms with Crippen LogP contribution in [0.5, 0.6) is 0 Å². The average molecular weight is 268 g/mol. The van der Waals surface area contributed by atoms with Crippen LogP contribution in [0.3, 0.4) is 0 Å². The summed E-state index contributed by atoms with van der Waals surface area (Å²) < 4.78 is 0.755. The minimum Gasteiger partial charge on any atom is -0.270 e. The molecule has 0 fully saturated rings. The molecule has 0 spiro atoms. The summed E-state index contributed by atoms with van der Waals surface area (Å²) in [5.74, 6) is 5.63. The molecule has 5 heteroatoms. The number of halogens is 1. The monoisotopic (exact) mass is 267 g/mol. The number of thiophene rings is 1. The van der Waals surface area contributed by atoms with E-state index >= 15 is 0 Å². The zero-order valence-electron chi connectivity index (χ0n) is 9.70. The molecule has 0 aliphatic rings. The van der Waals surface area contributed by atoms with Gasteiger partial charge in [-0.3, -0.25) is 10.8 Å². The zero-order chi connectivity index (χ0) is 12.4. The van der Waals surface area contributed by atoms with Crippen LogP contribution in [-0.2, 0) is 0 Å². The van der Waals surface area contributed by atoms with Crippen molar-refractivity contribution in [3.05, 3.63) is 50.4 Å². The Morgan fingerprint density at radius 2 is 2.18 bits per heavy atom.